The van der Waals surface area contributed by atoms with Gasteiger partial charge >= 0.3 is 6.03 Å². The maximum absolute atomic E-state index is 11.5. The van der Waals surface area contributed by atoms with Gasteiger partial charge < -0.3 is 20.7 Å². The largest absolute Gasteiger partial charge is 0.381 e. The highest BCUT2D eigenvalue weighted by atomic mass is 16.5. The minimum atomic E-state index is -0.0630. The molecule has 0 aliphatic carbocycles. The van der Waals surface area contributed by atoms with Crippen LogP contribution in [0.2, 0.25) is 0 Å². The summed E-state index contributed by atoms with van der Waals surface area (Å²) in [6.07, 6.45) is 0. The fourth-order valence-electron chi connectivity index (χ4n) is 2.35. The van der Waals surface area contributed by atoms with E-state index in [1.165, 1.54) is 0 Å². The van der Waals surface area contributed by atoms with Crippen molar-refractivity contribution in [1.82, 2.24) is 4.90 Å². The first-order chi connectivity index (χ1) is 8.65. The fourth-order valence-corrected chi connectivity index (χ4v) is 2.35. The maximum Gasteiger partial charge on any atom is 0.321 e. The molecule has 1 saturated heterocycles. The molecule has 18 heavy (non-hydrogen) atoms. The van der Waals surface area contributed by atoms with Crippen LogP contribution in [0.25, 0.3) is 0 Å². The smallest absolute Gasteiger partial charge is 0.321 e. The summed E-state index contributed by atoms with van der Waals surface area (Å²) in [4.78, 5) is 13.2. The number of nitrogens with one attached hydrogen (secondary N) is 1. The Bertz CT molecular complexity index is 485. The molecule has 5 nitrogen and oxygen atoms in total. The van der Waals surface area contributed by atoms with E-state index in [2.05, 4.69) is 11.4 Å². The van der Waals surface area contributed by atoms with Crippen molar-refractivity contribution in [3.8, 4) is 0 Å². The molecule has 3 rings (SSSR count). The summed E-state index contributed by atoms with van der Waals surface area (Å²) in [5.74, 6) is 0.416. The second-order valence-corrected chi connectivity index (χ2v) is 5.03. The summed E-state index contributed by atoms with van der Waals surface area (Å²) >= 11 is 0. The first-order valence-electron chi connectivity index (χ1n) is 6.13. The zero-order valence-corrected chi connectivity index (χ0v) is 10.3. The number of ether oxygens (including phenoxy) is 1. The second-order valence-electron chi connectivity index (χ2n) is 5.03. The van der Waals surface area contributed by atoms with Crippen LogP contribution in [0.4, 0.5) is 10.5 Å². The van der Waals surface area contributed by atoms with Gasteiger partial charge in [-0.15, -0.1) is 0 Å². The van der Waals surface area contributed by atoms with E-state index in [1.54, 1.807) is 11.9 Å². The van der Waals surface area contributed by atoms with Gasteiger partial charge in [-0.25, -0.2) is 4.79 Å². The Kier molecular flexibility index (Phi) is 2.72. The Morgan fingerprint density at radius 2 is 2.28 bits per heavy atom. The van der Waals surface area contributed by atoms with Crippen LogP contribution in [0.1, 0.15) is 17.2 Å². The molecule has 5 heteroatoms. The third-order valence-corrected chi connectivity index (χ3v) is 3.68. The number of hydrogen-bond acceptors (Lipinski definition) is 3. The zero-order valence-electron chi connectivity index (χ0n) is 10.3. The summed E-state index contributed by atoms with van der Waals surface area (Å²) < 4.78 is 5.18. The Balaban J connectivity index is 1.86. The average molecular weight is 247 g/mol. The van der Waals surface area contributed by atoms with E-state index < -0.39 is 0 Å². The van der Waals surface area contributed by atoms with E-state index in [-0.39, 0.29) is 12.1 Å². The minimum Gasteiger partial charge on any atom is -0.381 e. The minimum absolute atomic E-state index is 0.0204. The molecule has 2 aliphatic rings. The summed E-state index contributed by atoms with van der Waals surface area (Å²) in [5, 5.41) is 2.85. The van der Waals surface area contributed by atoms with Gasteiger partial charge in [-0.3, -0.25) is 0 Å². The molecule has 0 radical (unpaired) electrons. The van der Waals surface area contributed by atoms with Crippen molar-refractivity contribution < 1.29 is 9.53 Å². The monoisotopic (exact) mass is 247 g/mol. The average Bonchev–Trinajstić information content (AvgIpc) is 2.27. The van der Waals surface area contributed by atoms with Crippen LogP contribution in [-0.4, -0.2) is 31.2 Å². The number of amides is 2. The lowest BCUT2D eigenvalue weighted by Gasteiger charge is -2.32. The topological polar surface area (TPSA) is 67.6 Å². The van der Waals surface area contributed by atoms with Gasteiger partial charge in [-0.2, -0.15) is 0 Å². The van der Waals surface area contributed by atoms with Gasteiger partial charge in [-0.1, -0.05) is 12.1 Å². The van der Waals surface area contributed by atoms with Crippen molar-refractivity contribution in [3.05, 3.63) is 29.3 Å². The Morgan fingerprint density at radius 3 is 2.94 bits per heavy atom. The van der Waals surface area contributed by atoms with Gasteiger partial charge in [0, 0.05) is 31.2 Å². The molecule has 1 aromatic carbocycles. The molecule has 0 aromatic heterocycles. The fraction of sp³-hybridized carbons (Fsp3) is 0.462. The lowest BCUT2D eigenvalue weighted by molar-refractivity contribution is -0.0441. The van der Waals surface area contributed by atoms with Gasteiger partial charge in [0.2, 0.25) is 0 Å². The predicted molar refractivity (Wildman–Crippen MR) is 68.2 cm³/mol. The Labute approximate surface area is 106 Å². The molecule has 0 spiro atoms. The highest BCUT2D eigenvalue weighted by molar-refractivity contribution is 5.92. The molecule has 2 aliphatic heterocycles. The number of hydrogen-bond donors (Lipinski definition) is 2. The molecule has 2 amide bonds. The summed E-state index contributed by atoms with van der Waals surface area (Å²) in [6.45, 7) is 2.12. The number of nitrogens with zero attached hydrogens (tertiary/aromatic N) is 1. The number of rotatable bonds is 2. The van der Waals surface area contributed by atoms with E-state index in [4.69, 9.17) is 10.5 Å². The molecule has 1 atom stereocenters. The third-order valence-electron chi connectivity index (χ3n) is 3.68. The van der Waals surface area contributed by atoms with E-state index in [9.17, 15) is 4.79 Å². The Morgan fingerprint density at radius 1 is 1.50 bits per heavy atom. The van der Waals surface area contributed by atoms with Crippen molar-refractivity contribution >= 4 is 11.7 Å². The van der Waals surface area contributed by atoms with Crippen LogP contribution in [0.15, 0.2) is 18.2 Å². The van der Waals surface area contributed by atoms with Gasteiger partial charge in [0.15, 0.2) is 0 Å². The van der Waals surface area contributed by atoms with E-state index in [0.717, 1.165) is 30.0 Å². The normalized spacial score (nSPS) is 21.0. The van der Waals surface area contributed by atoms with E-state index in [1.807, 2.05) is 12.1 Å². The molecule has 2 heterocycles. The molecule has 0 bridgehead atoms. The van der Waals surface area contributed by atoms with Crippen molar-refractivity contribution in [3.63, 3.8) is 0 Å². The highest BCUT2D eigenvalue weighted by Gasteiger charge is 2.28. The van der Waals surface area contributed by atoms with Gasteiger partial charge in [0.05, 0.1) is 13.2 Å². The van der Waals surface area contributed by atoms with Crippen LogP contribution in [0, 0.1) is 5.92 Å². The van der Waals surface area contributed by atoms with Crippen molar-refractivity contribution in [2.24, 2.45) is 11.7 Å². The number of anilines is 1. The predicted octanol–water partition coefficient (Wildman–Crippen LogP) is 1.31. The highest BCUT2D eigenvalue weighted by Crippen LogP contribution is 2.30. The quantitative estimate of drug-likeness (QED) is 0.828. The number of carbonyl (C=O) groups excluding carboxylic acids is 1. The molecular weight excluding hydrogens is 230 g/mol. The molecular formula is C13H17N3O2. The standard InChI is InChI=1S/C13H17N3O2/c1-16-5-9-4-8(12(14)10-6-18-7-10)2-3-11(9)15-13(16)17/h2-4,10,12H,5-7,14H2,1H3,(H,15,17). The van der Waals surface area contributed by atoms with E-state index in [0.29, 0.717) is 12.5 Å². The molecule has 3 N–H and O–H groups in total. The lowest BCUT2D eigenvalue weighted by atomic mass is 9.91. The van der Waals surface area contributed by atoms with Gasteiger partial charge in [-0.05, 0) is 17.2 Å². The van der Waals surface area contributed by atoms with Crippen molar-refractivity contribution in [2.45, 2.75) is 12.6 Å². The molecule has 1 unspecified atom stereocenters. The third kappa shape index (κ3) is 1.85. The summed E-state index contributed by atoms with van der Waals surface area (Å²) in [5.41, 5.74) is 9.34. The van der Waals surface area contributed by atoms with Gasteiger partial charge in [0.25, 0.3) is 0 Å². The second kappa shape index (κ2) is 4.26. The summed E-state index contributed by atoms with van der Waals surface area (Å²) in [7, 11) is 1.78. The SMILES string of the molecule is CN1Cc2cc(C(N)C3COC3)ccc2NC1=O. The Hall–Kier alpha value is -1.59. The zero-order chi connectivity index (χ0) is 12.7. The number of benzene rings is 1. The maximum atomic E-state index is 11.5. The van der Waals surface area contributed by atoms with Crippen LogP contribution in [-0.2, 0) is 11.3 Å². The van der Waals surface area contributed by atoms with Gasteiger partial charge in [0.1, 0.15) is 0 Å². The van der Waals surface area contributed by atoms with Crippen LogP contribution >= 0.6 is 0 Å². The molecule has 1 fully saturated rings. The number of fused-ring (bicyclic) bond motifs is 1. The van der Waals surface area contributed by atoms with Crippen LogP contribution in [0.5, 0.6) is 0 Å². The molecule has 0 saturated carbocycles. The lowest BCUT2D eigenvalue weighted by Crippen LogP contribution is -2.38. The van der Waals surface area contributed by atoms with Crippen LogP contribution < -0.4 is 11.1 Å². The first-order valence-corrected chi connectivity index (χ1v) is 6.13. The first kappa shape index (κ1) is 11.5. The summed E-state index contributed by atoms with van der Waals surface area (Å²) in [6, 6.07) is 5.98. The number of carbonyl (C=O) groups is 1. The number of nitrogens with two attached hydrogens (primary N) is 1. The molecule has 1 aromatic rings. The van der Waals surface area contributed by atoms with Crippen molar-refractivity contribution in [2.75, 3.05) is 25.6 Å². The molecule has 96 valence electrons. The van der Waals surface area contributed by atoms with E-state index >= 15 is 0 Å². The number of urea groups is 1. The van der Waals surface area contributed by atoms with Crippen molar-refractivity contribution in [1.29, 1.82) is 0 Å². The van der Waals surface area contributed by atoms with Crippen LogP contribution in [0.3, 0.4) is 0 Å².